The van der Waals surface area contributed by atoms with E-state index >= 15 is 0 Å². The zero-order chi connectivity index (χ0) is 25.6. The van der Waals surface area contributed by atoms with Gasteiger partial charge in [0.25, 0.3) is 0 Å². The molecule has 0 atom stereocenters. The van der Waals surface area contributed by atoms with Gasteiger partial charge in [0.15, 0.2) is 0 Å². The van der Waals surface area contributed by atoms with Gasteiger partial charge in [0.05, 0.1) is 0 Å². The van der Waals surface area contributed by atoms with Gasteiger partial charge < -0.3 is 0 Å². The summed E-state index contributed by atoms with van der Waals surface area (Å²) in [5.74, 6) is 3.59. The van der Waals surface area contributed by atoms with Crippen LogP contribution in [-0.2, 0) is 4.79 Å². The van der Waals surface area contributed by atoms with E-state index in [1.54, 1.807) is 30.7 Å². The van der Waals surface area contributed by atoms with Crippen LogP contribution < -0.4 is 26.5 Å². The van der Waals surface area contributed by atoms with Crippen LogP contribution in [0.2, 0.25) is 0 Å². The van der Waals surface area contributed by atoms with E-state index in [2.05, 4.69) is 40.3 Å². The van der Waals surface area contributed by atoms with Gasteiger partial charge in [0, 0.05) is 5.92 Å². The van der Waals surface area contributed by atoms with Gasteiger partial charge in [0.1, 0.15) is 0 Å². The van der Waals surface area contributed by atoms with Crippen molar-refractivity contribution in [3.63, 3.8) is 0 Å². The molecule has 5 aromatic rings. The summed E-state index contributed by atoms with van der Waals surface area (Å²) in [6, 6.07) is 10.2. The molecule has 1 aliphatic heterocycles. The number of allylic oxidation sites excluding steroid dienone is 1. The Balaban J connectivity index is 1.26. The number of carbonyl (C=O) groups excluding carboxylic acids is 1. The zero-order valence-electron chi connectivity index (χ0n) is 19.7. The molecule has 0 spiro atoms. The molecule has 4 aromatic heterocycles. The van der Waals surface area contributed by atoms with Crippen LogP contribution in [0.4, 0.5) is 10.1 Å². The number of aromatic amines is 2. The van der Waals surface area contributed by atoms with Crippen LogP contribution in [0.1, 0.15) is 24.1 Å². The van der Waals surface area contributed by atoms with Crippen LogP contribution in [0.25, 0.3) is 39.3 Å². The number of benzene rings is 1. The van der Waals surface area contributed by atoms with Gasteiger partial charge in [-0.1, -0.05) is 0 Å². The van der Waals surface area contributed by atoms with Crippen LogP contribution >= 0.6 is 0 Å². The van der Waals surface area contributed by atoms with E-state index < -0.39 is 21.2 Å². The Hall–Kier alpha value is -4.37. The quantitative estimate of drug-likeness (QED) is 0.206. The maximum Gasteiger partial charge on any atom is 0.0383 e. The van der Waals surface area contributed by atoms with Crippen molar-refractivity contribution in [1.29, 1.82) is 0 Å². The molecule has 5 heterocycles. The summed E-state index contributed by atoms with van der Waals surface area (Å²) in [5, 5.41) is 11.2. The van der Waals surface area contributed by atoms with Crippen molar-refractivity contribution in [2.24, 2.45) is 5.92 Å². The Bertz CT molecular complexity index is 1820. The van der Waals surface area contributed by atoms with E-state index in [1.807, 2.05) is 18.2 Å². The van der Waals surface area contributed by atoms with Crippen LogP contribution in [-0.4, -0.2) is 36.0 Å². The van der Waals surface area contributed by atoms with Crippen molar-refractivity contribution in [2.75, 3.05) is 5.32 Å². The summed E-state index contributed by atoms with van der Waals surface area (Å²) in [6.45, 7) is 0. The number of anilines is 1. The molecule has 2 aliphatic rings. The zero-order valence-corrected chi connectivity index (χ0v) is 21.9. The summed E-state index contributed by atoms with van der Waals surface area (Å²) < 4.78 is 17.7. The molecular formula is C28H18FIN7O-. The first-order valence-electron chi connectivity index (χ1n) is 11.9. The monoisotopic (exact) mass is 614 g/mol. The third-order valence-corrected chi connectivity index (χ3v) is 8.32. The predicted octanol–water partition coefficient (Wildman–Crippen LogP) is 1.56. The molecule has 1 aromatic carbocycles. The van der Waals surface area contributed by atoms with Gasteiger partial charge in [-0.3, -0.25) is 4.79 Å². The van der Waals surface area contributed by atoms with Crippen LogP contribution in [0.5, 0.6) is 0 Å². The third kappa shape index (κ3) is 4.24. The molecule has 1 saturated carbocycles. The first-order chi connectivity index (χ1) is 18.6. The van der Waals surface area contributed by atoms with E-state index in [4.69, 9.17) is 4.98 Å². The minimum Gasteiger partial charge on any atom is -0.0408 e. The Morgan fingerprint density at radius 2 is 1.92 bits per heavy atom. The largest absolute Gasteiger partial charge is 0.0408 e. The average molecular weight is 614 g/mol. The molecule has 186 valence electrons. The fraction of sp³-hybridized carbons (Fsp3) is 0.107. The van der Waals surface area contributed by atoms with Crippen LogP contribution in [0, 0.1) is 25.3 Å². The smallest absolute Gasteiger partial charge is 0.0383 e. The Kier molecular flexibility index (Phi) is 5.51. The van der Waals surface area contributed by atoms with E-state index in [9.17, 15) is 9.18 Å². The van der Waals surface area contributed by atoms with Crippen LogP contribution in [0.3, 0.4) is 0 Å². The standard InChI is InChI=1S/C28H18FIN7O/c29-19-7-5-15(6-8-19)21-2-1-9-30-25-23(21)34-27(35-25)24-22-11-18(13-32-26(22)37-36-24)17-10-20(14-31-12-17)33-28(38)16-3-4-16/h2,5-8,10-14,16H,3-4H2,(H,33,38)(H,34,35)(H,32,36,37)/q-1. The number of rotatable bonds is 5. The van der Waals surface area contributed by atoms with Crippen LogP contribution in [0.15, 0.2) is 61.1 Å². The van der Waals surface area contributed by atoms with E-state index in [0.717, 1.165) is 49.9 Å². The summed E-state index contributed by atoms with van der Waals surface area (Å²) >= 11 is -0.612. The van der Waals surface area contributed by atoms with E-state index in [0.29, 0.717) is 22.9 Å². The van der Waals surface area contributed by atoms with E-state index in [1.165, 1.54) is 12.1 Å². The third-order valence-electron chi connectivity index (χ3n) is 6.42. The van der Waals surface area contributed by atoms with Gasteiger partial charge in [0.2, 0.25) is 0 Å². The van der Waals surface area contributed by atoms with Crippen molar-refractivity contribution < 1.29 is 30.4 Å². The minimum atomic E-state index is -0.612. The van der Waals surface area contributed by atoms with Crippen molar-refractivity contribution in [1.82, 2.24) is 30.1 Å². The Morgan fingerprint density at radius 1 is 1.08 bits per heavy atom. The summed E-state index contributed by atoms with van der Waals surface area (Å²) in [6.07, 6.45) is 8.85. The first kappa shape index (κ1) is 22.8. The molecule has 1 amide bonds. The van der Waals surface area contributed by atoms with Crippen molar-refractivity contribution in [3.8, 4) is 32.5 Å². The van der Waals surface area contributed by atoms with E-state index in [-0.39, 0.29) is 17.6 Å². The second-order valence-corrected chi connectivity index (χ2v) is 11.2. The SMILES string of the molecule is O=C(Nc1cncc(-c2cnc3n[nH]c(-c4nc5c([nH]4)[I-]C#CC=C5c4ccc(F)cc4)c3c2)c1)C1CC1. The predicted molar refractivity (Wildman–Crippen MR) is 136 cm³/mol. The normalized spacial score (nSPS) is 14.5. The number of hydrogen-bond acceptors (Lipinski definition) is 5. The molecule has 0 radical (unpaired) electrons. The first-order valence-corrected chi connectivity index (χ1v) is 14.1. The number of nitrogens with one attached hydrogen (secondary N) is 3. The fourth-order valence-corrected chi connectivity index (χ4v) is 5.94. The molecule has 38 heavy (non-hydrogen) atoms. The van der Waals surface area contributed by atoms with Gasteiger partial charge in [-0.2, -0.15) is 0 Å². The summed E-state index contributed by atoms with van der Waals surface area (Å²) in [4.78, 5) is 29.4. The number of nitrogens with zero attached hydrogens (tertiary/aromatic N) is 4. The van der Waals surface area contributed by atoms with Crippen molar-refractivity contribution in [3.05, 3.63) is 81.8 Å². The topological polar surface area (TPSA) is 112 Å². The minimum absolute atomic E-state index is 0.0359. The molecule has 0 bridgehead atoms. The second-order valence-electron chi connectivity index (χ2n) is 9.07. The van der Waals surface area contributed by atoms with Gasteiger partial charge in [-0.25, -0.2) is 0 Å². The number of fused-ring (bicyclic) bond motifs is 2. The molecule has 8 nitrogen and oxygen atoms in total. The molecule has 7 rings (SSSR count). The molecule has 1 aliphatic carbocycles. The number of imidazole rings is 1. The summed E-state index contributed by atoms with van der Waals surface area (Å²) in [7, 11) is 0. The molecular weight excluding hydrogens is 596 g/mol. The number of pyridine rings is 2. The molecule has 0 saturated heterocycles. The Labute approximate surface area is 226 Å². The second kappa shape index (κ2) is 9.18. The van der Waals surface area contributed by atoms with Gasteiger partial charge in [-0.15, -0.1) is 0 Å². The number of H-pyrrole nitrogens is 2. The number of carbonyl (C=O) groups is 1. The molecule has 0 unspecified atom stereocenters. The maximum absolute atomic E-state index is 13.5. The van der Waals surface area contributed by atoms with Crippen molar-refractivity contribution >= 4 is 28.2 Å². The van der Waals surface area contributed by atoms with Gasteiger partial charge in [-0.05, 0) is 12.8 Å². The number of aromatic nitrogens is 6. The Morgan fingerprint density at radius 3 is 2.76 bits per heavy atom. The summed E-state index contributed by atoms with van der Waals surface area (Å²) in [5.41, 5.74) is 6.11. The number of amides is 1. The van der Waals surface area contributed by atoms with Gasteiger partial charge >= 0.3 is 204 Å². The average Bonchev–Trinajstić information content (AvgIpc) is 3.64. The maximum atomic E-state index is 13.5. The molecule has 3 N–H and O–H groups in total. The number of halogens is 2. The van der Waals surface area contributed by atoms with Crippen molar-refractivity contribution in [2.45, 2.75) is 12.8 Å². The molecule has 10 heteroatoms. The fourth-order valence-electron chi connectivity index (χ4n) is 4.30. The molecule has 1 fully saturated rings. The number of hydrogen-bond donors (Lipinski definition) is 3.